The smallest absolute Gasteiger partial charge is 0.183 e. The molecule has 0 fully saturated rings. The third-order valence-electron chi connectivity index (χ3n) is 4.08. The van der Waals surface area contributed by atoms with E-state index in [1.54, 1.807) is 0 Å². The minimum Gasteiger partial charge on any atom is -0.361 e. The fraction of sp³-hybridized carbons (Fsp3) is 0.526. The predicted molar refractivity (Wildman–Crippen MR) is 98.0 cm³/mol. The molecule has 0 aliphatic carbocycles. The number of thiazole rings is 1. The Labute approximate surface area is 139 Å². The summed E-state index contributed by atoms with van der Waals surface area (Å²) in [5.41, 5.74) is 2.58. The number of benzene rings is 1. The summed E-state index contributed by atoms with van der Waals surface area (Å²) >= 11 is 1.83. The minimum atomic E-state index is 0.499. The second-order valence-corrected chi connectivity index (χ2v) is 7.11. The Morgan fingerprint density at radius 2 is 1.91 bits per heavy atom. The van der Waals surface area contributed by atoms with Crippen molar-refractivity contribution in [2.24, 2.45) is 0 Å². The van der Waals surface area contributed by atoms with E-state index in [0.717, 1.165) is 11.7 Å². The molecule has 2 aromatic rings. The molecule has 0 bridgehead atoms. The van der Waals surface area contributed by atoms with E-state index < -0.39 is 0 Å². The van der Waals surface area contributed by atoms with Gasteiger partial charge >= 0.3 is 0 Å². The maximum absolute atomic E-state index is 4.68. The molecule has 0 spiro atoms. The highest BCUT2D eigenvalue weighted by molar-refractivity contribution is 7.15. The van der Waals surface area contributed by atoms with Gasteiger partial charge in [0, 0.05) is 11.4 Å². The van der Waals surface area contributed by atoms with E-state index in [1.165, 1.54) is 48.2 Å². The number of hydrogen-bond acceptors (Lipinski definition) is 3. The van der Waals surface area contributed by atoms with Gasteiger partial charge in [-0.3, -0.25) is 0 Å². The molecule has 0 saturated carbocycles. The average molecular weight is 317 g/mol. The molecule has 2 rings (SSSR count). The van der Waals surface area contributed by atoms with Crippen LogP contribution in [0.5, 0.6) is 0 Å². The molecular formula is C19H28N2S. The topological polar surface area (TPSA) is 24.9 Å². The molecular weight excluding hydrogens is 288 g/mol. The highest BCUT2D eigenvalue weighted by Crippen LogP contribution is 2.25. The summed E-state index contributed by atoms with van der Waals surface area (Å²) in [6.45, 7) is 7.59. The molecule has 1 atom stereocenters. The first kappa shape index (κ1) is 17.0. The van der Waals surface area contributed by atoms with Gasteiger partial charge < -0.3 is 5.32 Å². The average Bonchev–Trinajstić information content (AvgIpc) is 2.90. The fourth-order valence-electron chi connectivity index (χ4n) is 2.59. The molecule has 0 aliphatic heterocycles. The zero-order chi connectivity index (χ0) is 15.8. The Hall–Kier alpha value is -1.35. The quantitative estimate of drug-likeness (QED) is 0.592. The van der Waals surface area contributed by atoms with Gasteiger partial charge in [-0.25, -0.2) is 4.98 Å². The van der Waals surface area contributed by atoms with Crippen LogP contribution in [0.15, 0.2) is 30.3 Å². The number of rotatable bonds is 9. The summed E-state index contributed by atoms with van der Waals surface area (Å²) < 4.78 is 0. The van der Waals surface area contributed by atoms with Gasteiger partial charge in [0.25, 0.3) is 0 Å². The Bertz CT molecular complexity index is 548. The van der Waals surface area contributed by atoms with Gasteiger partial charge in [-0.15, -0.1) is 11.3 Å². The first-order valence-electron chi connectivity index (χ1n) is 8.45. The zero-order valence-corrected chi connectivity index (χ0v) is 14.9. The van der Waals surface area contributed by atoms with Crippen LogP contribution in [0.2, 0.25) is 0 Å². The van der Waals surface area contributed by atoms with Crippen LogP contribution >= 0.6 is 11.3 Å². The monoisotopic (exact) mass is 316 g/mol. The molecule has 120 valence electrons. The van der Waals surface area contributed by atoms with E-state index in [4.69, 9.17) is 0 Å². The Morgan fingerprint density at radius 3 is 2.64 bits per heavy atom. The van der Waals surface area contributed by atoms with Crippen LogP contribution in [0.1, 0.15) is 61.6 Å². The summed E-state index contributed by atoms with van der Waals surface area (Å²) in [5, 5.41) is 4.59. The normalized spacial score (nSPS) is 12.3. The van der Waals surface area contributed by atoms with Crippen molar-refractivity contribution in [3.05, 3.63) is 46.5 Å². The van der Waals surface area contributed by atoms with Crippen LogP contribution in [0.4, 0.5) is 5.13 Å². The Kier molecular flexibility index (Phi) is 6.91. The Balaban J connectivity index is 1.83. The number of hydrogen-bond donors (Lipinski definition) is 1. The van der Waals surface area contributed by atoms with Gasteiger partial charge in [0.2, 0.25) is 0 Å². The van der Waals surface area contributed by atoms with Crippen molar-refractivity contribution >= 4 is 16.5 Å². The molecule has 1 heterocycles. The van der Waals surface area contributed by atoms with Crippen LogP contribution in [0, 0.1) is 6.92 Å². The number of nitrogens with zero attached hydrogens (tertiary/aromatic N) is 1. The predicted octanol–water partition coefficient (Wildman–Crippen LogP) is 5.79. The van der Waals surface area contributed by atoms with E-state index in [1.807, 2.05) is 11.3 Å². The third kappa shape index (κ3) is 5.13. The number of aryl methyl sites for hydroxylation is 2. The van der Waals surface area contributed by atoms with E-state index in [9.17, 15) is 0 Å². The molecule has 0 saturated heterocycles. The molecule has 1 aromatic carbocycles. The highest BCUT2D eigenvalue weighted by atomic mass is 32.1. The molecule has 0 aliphatic rings. The summed E-state index contributed by atoms with van der Waals surface area (Å²) in [6, 6.07) is 10.7. The maximum Gasteiger partial charge on any atom is 0.183 e. The molecule has 1 N–H and O–H groups in total. The highest BCUT2D eigenvalue weighted by Gasteiger charge is 2.09. The van der Waals surface area contributed by atoms with Crippen molar-refractivity contribution in [1.82, 2.24) is 4.98 Å². The number of aromatic nitrogens is 1. The third-order valence-corrected chi connectivity index (χ3v) is 5.25. The molecule has 0 radical (unpaired) electrons. The molecule has 0 amide bonds. The van der Waals surface area contributed by atoms with Gasteiger partial charge in [0.1, 0.15) is 0 Å². The molecule has 2 nitrogen and oxygen atoms in total. The summed E-state index contributed by atoms with van der Waals surface area (Å²) in [6.07, 6.45) is 6.45. The van der Waals surface area contributed by atoms with Gasteiger partial charge in [0.15, 0.2) is 5.13 Å². The fourth-order valence-corrected chi connectivity index (χ4v) is 3.60. The first-order valence-corrected chi connectivity index (χ1v) is 9.27. The van der Waals surface area contributed by atoms with Crippen LogP contribution < -0.4 is 5.32 Å². The van der Waals surface area contributed by atoms with Gasteiger partial charge in [-0.1, -0.05) is 63.4 Å². The zero-order valence-electron chi connectivity index (χ0n) is 14.1. The van der Waals surface area contributed by atoms with Gasteiger partial charge in [-0.2, -0.15) is 0 Å². The lowest BCUT2D eigenvalue weighted by Gasteiger charge is -2.12. The van der Waals surface area contributed by atoms with Crippen molar-refractivity contribution in [2.75, 3.05) is 11.9 Å². The first-order chi connectivity index (χ1) is 10.7. The van der Waals surface area contributed by atoms with Crippen LogP contribution in [-0.2, 0) is 6.42 Å². The molecule has 1 unspecified atom stereocenters. The van der Waals surface area contributed by atoms with Crippen molar-refractivity contribution in [3.8, 4) is 0 Å². The number of unbranched alkanes of at least 4 members (excludes halogenated alkanes) is 3. The van der Waals surface area contributed by atoms with E-state index in [0.29, 0.717) is 5.92 Å². The number of nitrogens with one attached hydrogen (secondary N) is 1. The lowest BCUT2D eigenvalue weighted by molar-refractivity contribution is 0.668. The van der Waals surface area contributed by atoms with Gasteiger partial charge in [-0.05, 0) is 31.2 Å². The van der Waals surface area contributed by atoms with Crippen molar-refractivity contribution in [2.45, 2.75) is 58.8 Å². The lowest BCUT2D eigenvalue weighted by Crippen LogP contribution is -2.09. The van der Waals surface area contributed by atoms with Crippen molar-refractivity contribution in [3.63, 3.8) is 0 Å². The van der Waals surface area contributed by atoms with Gasteiger partial charge in [0.05, 0.1) is 5.69 Å². The van der Waals surface area contributed by atoms with Crippen LogP contribution in [0.3, 0.4) is 0 Å². The lowest BCUT2D eigenvalue weighted by atomic mass is 10.0. The van der Waals surface area contributed by atoms with E-state index >= 15 is 0 Å². The number of anilines is 1. The standard InChI is InChI=1S/C19H28N2S/c1-4-5-6-10-13-18-16(3)21-19(22-18)20-14-15(2)17-11-8-7-9-12-17/h7-9,11-12,15H,4-6,10,13-14H2,1-3H3,(H,20,21). The molecule has 22 heavy (non-hydrogen) atoms. The maximum atomic E-state index is 4.68. The largest absolute Gasteiger partial charge is 0.361 e. The summed E-state index contributed by atoms with van der Waals surface area (Å²) in [7, 11) is 0. The minimum absolute atomic E-state index is 0.499. The van der Waals surface area contributed by atoms with Crippen LogP contribution in [-0.4, -0.2) is 11.5 Å². The summed E-state index contributed by atoms with van der Waals surface area (Å²) in [4.78, 5) is 6.13. The second-order valence-electron chi connectivity index (χ2n) is 6.03. The Morgan fingerprint density at radius 1 is 1.14 bits per heavy atom. The van der Waals surface area contributed by atoms with Crippen molar-refractivity contribution < 1.29 is 0 Å². The van der Waals surface area contributed by atoms with E-state index in [2.05, 4.69) is 61.4 Å². The SMILES string of the molecule is CCCCCCc1sc(NCC(C)c2ccccc2)nc1C. The van der Waals surface area contributed by atoms with Crippen LogP contribution in [0.25, 0.3) is 0 Å². The van der Waals surface area contributed by atoms with E-state index in [-0.39, 0.29) is 0 Å². The van der Waals surface area contributed by atoms with Crippen molar-refractivity contribution in [1.29, 1.82) is 0 Å². The second kappa shape index (κ2) is 8.94. The molecule has 3 heteroatoms. The molecule has 1 aromatic heterocycles. The summed E-state index contributed by atoms with van der Waals surface area (Å²) in [5.74, 6) is 0.499.